The van der Waals surface area contributed by atoms with E-state index >= 15 is 0 Å². The van der Waals surface area contributed by atoms with Gasteiger partial charge in [0.05, 0.1) is 5.25 Å². The number of anilines is 1. The summed E-state index contributed by atoms with van der Waals surface area (Å²) in [6, 6.07) is 3.81. The fourth-order valence-corrected chi connectivity index (χ4v) is 4.01. The van der Waals surface area contributed by atoms with Crippen molar-refractivity contribution in [2.75, 3.05) is 11.9 Å². The van der Waals surface area contributed by atoms with Crippen molar-refractivity contribution in [3.8, 4) is 0 Å². The van der Waals surface area contributed by atoms with Gasteiger partial charge in [0.1, 0.15) is 0 Å². The monoisotopic (exact) mass is 379 g/mol. The van der Waals surface area contributed by atoms with Gasteiger partial charge in [0.2, 0.25) is 11.0 Å². The van der Waals surface area contributed by atoms with E-state index in [1.54, 1.807) is 12.4 Å². The number of thioether (sulfide) groups is 1. The molecule has 25 heavy (non-hydrogen) atoms. The molecule has 136 valence electrons. The second kappa shape index (κ2) is 9.72. The van der Waals surface area contributed by atoms with E-state index in [9.17, 15) is 4.79 Å². The van der Waals surface area contributed by atoms with Crippen molar-refractivity contribution in [3.05, 3.63) is 30.1 Å². The number of rotatable bonds is 9. The lowest BCUT2D eigenvalue weighted by Crippen LogP contribution is -2.35. The van der Waals surface area contributed by atoms with E-state index in [1.807, 2.05) is 26.0 Å². The summed E-state index contributed by atoms with van der Waals surface area (Å²) in [4.78, 5) is 16.6. The van der Waals surface area contributed by atoms with Crippen LogP contribution in [0.15, 0.2) is 28.9 Å². The minimum Gasteiger partial charge on any atom is -0.360 e. The molecular formula is C17H25N5OS2. The topological polar surface area (TPSA) is 79.8 Å². The summed E-state index contributed by atoms with van der Waals surface area (Å²) >= 11 is 2.96. The zero-order valence-electron chi connectivity index (χ0n) is 15.0. The molecule has 2 rings (SSSR count). The molecule has 2 aromatic rings. The molecule has 0 aliphatic rings. The van der Waals surface area contributed by atoms with Gasteiger partial charge in [0, 0.05) is 25.5 Å². The lowest BCUT2D eigenvalue weighted by Gasteiger charge is -2.18. The first-order valence-electron chi connectivity index (χ1n) is 8.36. The van der Waals surface area contributed by atoms with Crippen LogP contribution in [0, 0.1) is 11.8 Å². The fraction of sp³-hybridized carbons (Fsp3) is 0.529. The molecule has 0 saturated heterocycles. The smallest absolute Gasteiger partial charge is 0.234 e. The highest BCUT2D eigenvalue weighted by Gasteiger charge is 2.25. The average Bonchev–Trinajstić information content (AvgIpc) is 3.04. The summed E-state index contributed by atoms with van der Waals surface area (Å²) in [6.07, 6.45) is 3.48. The van der Waals surface area contributed by atoms with Crippen molar-refractivity contribution in [2.45, 2.75) is 43.8 Å². The maximum atomic E-state index is 12.6. The number of carbonyl (C=O) groups is 1. The summed E-state index contributed by atoms with van der Waals surface area (Å²) in [5.74, 6) is 0.743. The standard InChI is InChI=1S/C17H25N5OS2/c1-11(2)8-20-16-21-22-17(25-16)24-14(12(3)4)15(23)19-10-13-6-5-7-18-9-13/h5-7,9,11-12,14H,8,10H2,1-4H3,(H,19,23)(H,20,21)/t14-/m0/s1. The van der Waals surface area contributed by atoms with Crippen LogP contribution in [0.3, 0.4) is 0 Å². The predicted molar refractivity (Wildman–Crippen MR) is 104 cm³/mol. The van der Waals surface area contributed by atoms with Crippen LogP contribution in [0.25, 0.3) is 0 Å². The first kappa shape index (κ1) is 19.7. The van der Waals surface area contributed by atoms with E-state index in [1.165, 1.54) is 23.1 Å². The summed E-state index contributed by atoms with van der Waals surface area (Å²) in [5.41, 5.74) is 0.986. The van der Waals surface area contributed by atoms with Crippen LogP contribution < -0.4 is 10.6 Å². The molecule has 6 nitrogen and oxygen atoms in total. The van der Waals surface area contributed by atoms with Crippen LogP contribution in [-0.2, 0) is 11.3 Å². The van der Waals surface area contributed by atoms with E-state index < -0.39 is 0 Å². The van der Waals surface area contributed by atoms with Gasteiger partial charge in [-0.05, 0) is 23.5 Å². The van der Waals surface area contributed by atoms with Crippen molar-refractivity contribution in [1.82, 2.24) is 20.5 Å². The highest BCUT2D eigenvalue weighted by molar-refractivity contribution is 8.02. The van der Waals surface area contributed by atoms with Gasteiger partial charge < -0.3 is 10.6 Å². The van der Waals surface area contributed by atoms with Crippen molar-refractivity contribution in [2.24, 2.45) is 11.8 Å². The number of carbonyl (C=O) groups excluding carboxylic acids is 1. The predicted octanol–water partition coefficient (Wildman–Crippen LogP) is 3.43. The van der Waals surface area contributed by atoms with Crippen LogP contribution in [0.1, 0.15) is 33.3 Å². The number of hydrogen-bond acceptors (Lipinski definition) is 7. The number of nitrogens with one attached hydrogen (secondary N) is 2. The molecule has 0 radical (unpaired) electrons. The minimum absolute atomic E-state index is 0.00995. The lowest BCUT2D eigenvalue weighted by atomic mass is 10.1. The quantitative estimate of drug-likeness (QED) is 0.650. The van der Waals surface area contributed by atoms with Crippen molar-refractivity contribution >= 4 is 34.1 Å². The second-order valence-electron chi connectivity index (χ2n) is 6.51. The first-order valence-corrected chi connectivity index (χ1v) is 10.1. The average molecular weight is 380 g/mol. The van der Waals surface area contributed by atoms with E-state index in [-0.39, 0.29) is 17.1 Å². The minimum atomic E-state index is -0.206. The molecule has 2 heterocycles. The van der Waals surface area contributed by atoms with Gasteiger partial charge in [0.25, 0.3) is 0 Å². The molecule has 8 heteroatoms. The van der Waals surface area contributed by atoms with Crippen LogP contribution in [0.4, 0.5) is 5.13 Å². The Balaban J connectivity index is 1.92. The molecule has 0 bridgehead atoms. The molecular weight excluding hydrogens is 354 g/mol. The third-order valence-corrected chi connectivity index (χ3v) is 5.86. The molecule has 0 aromatic carbocycles. The molecule has 0 saturated carbocycles. The van der Waals surface area contributed by atoms with Gasteiger partial charge in [-0.2, -0.15) is 0 Å². The molecule has 1 amide bonds. The lowest BCUT2D eigenvalue weighted by molar-refractivity contribution is -0.121. The van der Waals surface area contributed by atoms with E-state index in [0.29, 0.717) is 12.5 Å². The number of hydrogen-bond donors (Lipinski definition) is 2. The molecule has 0 aliphatic carbocycles. The molecule has 0 spiro atoms. The van der Waals surface area contributed by atoms with E-state index in [4.69, 9.17) is 0 Å². The number of aromatic nitrogens is 3. The van der Waals surface area contributed by atoms with Crippen molar-refractivity contribution < 1.29 is 4.79 Å². The zero-order valence-corrected chi connectivity index (χ0v) is 16.7. The van der Waals surface area contributed by atoms with Crippen LogP contribution in [0.5, 0.6) is 0 Å². The normalized spacial score (nSPS) is 12.4. The maximum Gasteiger partial charge on any atom is 0.234 e. The third kappa shape index (κ3) is 6.62. The molecule has 0 fully saturated rings. The largest absolute Gasteiger partial charge is 0.360 e. The van der Waals surface area contributed by atoms with Gasteiger partial charge in [-0.3, -0.25) is 9.78 Å². The van der Waals surface area contributed by atoms with Crippen LogP contribution in [-0.4, -0.2) is 32.9 Å². The molecule has 2 aromatic heterocycles. The van der Waals surface area contributed by atoms with Gasteiger partial charge in [-0.25, -0.2) is 0 Å². The Kier molecular flexibility index (Phi) is 7.64. The fourth-order valence-electron chi connectivity index (χ4n) is 2.01. The Hall–Kier alpha value is -1.67. The van der Waals surface area contributed by atoms with Gasteiger partial charge in [-0.1, -0.05) is 56.9 Å². The zero-order chi connectivity index (χ0) is 18.2. The van der Waals surface area contributed by atoms with Gasteiger partial charge >= 0.3 is 0 Å². The van der Waals surface area contributed by atoms with Crippen LogP contribution in [0.2, 0.25) is 0 Å². The Morgan fingerprint density at radius 1 is 1.28 bits per heavy atom. The van der Waals surface area contributed by atoms with E-state index in [2.05, 4.69) is 39.7 Å². The maximum absolute atomic E-state index is 12.6. The highest BCUT2D eigenvalue weighted by Crippen LogP contribution is 2.32. The molecule has 0 aliphatic heterocycles. The summed E-state index contributed by atoms with van der Waals surface area (Å²) in [5, 5.41) is 15.2. The van der Waals surface area contributed by atoms with Gasteiger partial charge in [0.15, 0.2) is 4.34 Å². The summed E-state index contributed by atoms with van der Waals surface area (Å²) in [7, 11) is 0. The summed E-state index contributed by atoms with van der Waals surface area (Å²) < 4.78 is 0.807. The third-order valence-electron chi connectivity index (χ3n) is 3.35. The van der Waals surface area contributed by atoms with Gasteiger partial charge in [-0.15, -0.1) is 10.2 Å². The first-order chi connectivity index (χ1) is 12.0. The van der Waals surface area contributed by atoms with Crippen molar-refractivity contribution in [3.63, 3.8) is 0 Å². The number of nitrogens with zero attached hydrogens (tertiary/aromatic N) is 3. The van der Waals surface area contributed by atoms with Crippen LogP contribution >= 0.6 is 23.1 Å². The number of pyridine rings is 1. The number of amides is 1. The van der Waals surface area contributed by atoms with E-state index in [0.717, 1.165) is 21.6 Å². The Morgan fingerprint density at radius 3 is 2.72 bits per heavy atom. The Morgan fingerprint density at radius 2 is 2.08 bits per heavy atom. The summed E-state index contributed by atoms with van der Waals surface area (Å²) in [6.45, 7) is 9.71. The molecule has 1 atom stereocenters. The molecule has 2 N–H and O–H groups in total. The van der Waals surface area contributed by atoms with Crippen molar-refractivity contribution in [1.29, 1.82) is 0 Å². The Labute approximate surface area is 157 Å². The Bertz CT molecular complexity index is 660. The highest BCUT2D eigenvalue weighted by atomic mass is 32.2. The second-order valence-corrected chi connectivity index (χ2v) is 8.88. The SMILES string of the molecule is CC(C)CNc1nnc(S[C@H](C(=O)NCc2cccnc2)C(C)C)s1. The molecule has 0 unspecified atom stereocenters.